The standard InChI is InChI=1S/C19H21N3O2S/c20-10-9-14-3-1-13(2-4-14)5-7-17(25)16(19(23)24)11-15-6-8-18(21)22-12-15/h1-4,6,8,12,16-17,25H,5,7,9,11H2,(H2,21,22)(H,23,24). The van der Waals surface area contributed by atoms with Crippen molar-refractivity contribution >= 4 is 24.4 Å². The molecular formula is C19H21N3O2S. The number of carbonyl (C=O) groups is 1. The molecule has 0 fully saturated rings. The Morgan fingerprint density at radius 2 is 1.84 bits per heavy atom. The van der Waals surface area contributed by atoms with E-state index in [1.54, 1.807) is 18.3 Å². The molecule has 2 aromatic rings. The minimum Gasteiger partial charge on any atom is -0.481 e. The van der Waals surface area contributed by atoms with Gasteiger partial charge < -0.3 is 10.8 Å². The highest BCUT2D eigenvalue weighted by molar-refractivity contribution is 7.81. The van der Waals surface area contributed by atoms with Crippen molar-refractivity contribution in [1.29, 1.82) is 5.26 Å². The van der Waals surface area contributed by atoms with Crippen LogP contribution in [0.2, 0.25) is 0 Å². The van der Waals surface area contributed by atoms with E-state index in [1.165, 1.54) is 0 Å². The zero-order valence-electron chi connectivity index (χ0n) is 13.8. The van der Waals surface area contributed by atoms with Crippen LogP contribution >= 0.6 is 12.6 Å². The summed E-state index contributed by atoms with van der Waals surface area (Å²) in [5.41, 5.74) is 8.48. The van der Waals surface area contributed by atoms with Crippen LogP contribution in [-0.4, -0.2) is 21.3 Å². The van der Waals surface area contributed by atoms with Crippen LogP contribution < -0.4 is 5.73 Å². The molecule has 2 rings (SSSR count). The van der Waals surface area contributed by atoms with Crippen LogP contribution in [-0.2, 0) is 24.1 Å². The fourth-order valence-corrected chi connectivity index (χ4v) is 2.99. The highest BCUT2D eigenvalue weighted by Crippen LogP contribution is 2.22. The molecule has 0 aliphatic carbocycles. The first-order valence-electron chi connectivity index (χ1n) is 8.05. The number of pyridine rings is 1. The number of anilines is 1. The maximum Gasteiger partial charge on any atom is 0.307 e. The van der Waals surface area contributed by atoms with Crippen molar-refractivity contribution < 1.29 is 9.90 Å². The molecule has 0 amide bonds. The van der Waals surface area contributed by atoms with Gasteiger partial charge in [0.1, 0.15) is 5.82 Å². The zero-order chi connectivity index (χ0) is 18.2. The van der Waals surface area contributed by atoms with Gasteiger partial charge >= 0.3 is 5.97 Å². The molecule has 6 heteroatoms. The number of nitrogens with zero attached hydrogens (tertiary/aromatic N) is 2. The molecule has 1 aromatic carbocycles. The molecule has 0 aliphatic heterocycles. The molecule has 2 unspecified atom stereocenters. The summed E-state index contributed by atoms with van der Waals surface area (Å²) in [5.74, 6) is -1.04. The van der Waals surface area contributed by atoms with Gasteiger partial charge in [-0.15, -0.1) is 0 Å². The molecule has 130 valence electrons. The highest BCUT2D eigenvalue weighted by atomic mass is 32.1. The van der Waals surface area contributed by atoms with Crippen LogP contribution in [0.4, 0.5) is 5.82 Å². The van der Waals surface area contributed by atoms with Gasteiger partial charge in [0.25, 0.3) is 0 Å². The zero-order valence-corrected chi connectivity index (χ0v) is 14.7. The predicted molar refractivity (Wildman–Crippen MR) is 100 cm³/mol. The van der Waals surface area contributed by atoms with E-state index in [9.17, 15) is 9.90 Å². The first kappa shape index (κ1) is 18.8. The maximum absolute atomic E-state index is 11.6. The second kappa shape index (κ2) is 9.09. The number of nitrogens with two attached hydrogens (primary N) is 1. The first-order valence-corrected chi connectivity index (χ1v) is 8.57. The van der Waals surface area contributed by atoms with E-state index in [-0.39, 0.29) is 5.25 Å². The van der Waals surface area contributed by atoms with Gasteiger partial charge in [0.15, 0.2) is 0 Å². The number of hydrogen-bond acceptors (Lipinski definition) is 5. The Bertz CT molecular complexity index is 739. The lowest BCUT2D eigenvalue weighted by atomic mass is 9.93. The summed E-state index contributed by atoms with van der Waals surface area (Å²) in [6.45, 7) is 0. The summed E-state index contributed by atoms with van der Waals surface area (Å²) < 4.78 is 0. The quantitative estimate of drug-likeness (QED) is 0.632. The third-order valence-electron chi connectivity index (χ3n) is 4.12. The van der Waals surface area contributed by atoms with E-state index in [2.05, 4.69) is 23.7 Å². The number of carboxylic acid groups (broad SMARTS) is 1. The number of rotatable bonds is 8. The van der Waals surface area contributed by atoms with Crippen molar-refractivity contribution in [2.75, 3.05) is 5.73 Å². The van der Waals surface area contributed by atoms with Crippen LogP contribution in [0.15, 0.2) is 42.6 Å². The molecular weight excluding hydrogens is 334 g/mol. The fraction of sp³-hybridized carbons (Fsp3) is 0.316. The Labute approximate surface area is 152 Å². The highest BCUT2D eigenvalue weighted by Gasteiger charge is 2.25. The summed E-state index contributed by atoms with van der Waals surface area (Å²) in [6.07, 6.45) is 3.77. The average molecular weight is 355 g/mol. The molecule has 0 bridgehead atoms. The third kappa shape index (κ3) is 5.80. The van der Waals surface area contributed by atoms with Crippen LogP contribution in [0.5, 0.6) is 0 Å². The Kier molecular flexibility index (Phi) is 6.84. The van der Waals surface area contributed by atoms with Crippen LogP contribution in [0, 0.1) is 17.2 Å². The first-order chi connectivity index (χ1) is 12.0. The summed E-state index contributed by atoms with van der Waals surface area (Å²) in [6, 6.07) is 13.4. The Morgan fingerprint density at radius 3 is 2.40 bits per heavy atom. The Morgan fingerprint density at radius 1 is 1.20 bits per heavy atom. The van der Waals surface area contributed by atoms with Crippen molar-refractivity contribution in [2.45, 2.75) is 30.9 Å². The van der Waals surface area contributed by atoms with Crippen LogP contribution in [0.1, 0.15) is 23.1 Å². The van der Waals surface area contributed by atoms with Crippen molar-refractivity contribution in [1.82, 2.24) is 4.98 Å². The molecule has 3 N–H and O–H groups in total. The smallest absolute Gasteiger partial charge is 0.307 e. The molecule has 0 saturated heterocycles. The summed E-state index contributed by atoms with van der Waals surface area (Å²) in [7, 11) is 0. The molecule has 25 heavy (non-hydrogen) atoms. The number of carboxylic acids is 1. The molecule has 0 spiro atoms. The van der Waals surface area contributed by atoms with Crippen molar-refractivity contribution in [3.63, 3.8) is 0 Å². The molecule has 2 atom stereocenters. The molecule has 1 aromatic heterocycles. The third-order valence-corrected chi connectivity index (χ3v) is 4.74. The van der Waals surface area contributed by atoms with Gasteiger partial charge in [0.05, 0.1) is 18.4 Å². The van der Waals surface area contributed by atoms with Gasteiger partial charge in [0.2, 0.25) is 0 Å². The predicted octanol–water partition coefficient (Wildman–Crippen LogP) is 2.90. The van der Waals surface area contributed by atoms with Gasteiger partial charge in [-0.3, -0.25) is 4.79 Å². The number of aliphatic carboxylic acids is 1. The number of nitriles is 1. The number of nitrogen functional groups attached to an aromatic ring is 1. The Hall–Kier alpha value is -2.52. The minimum atomic E-state index is -0.860. The lowest BCUT2D eigenvalue weighted by molar-refractivity contribution is -0.141. The monoisotopic (exact) mass is 355 g/mol. The van der Waals surface area contributed by atoms with Crippen molar-refractivity contribution in [3.8, 4) is 6.07 Å². The second-order valence-corrected chi connectivity index (χ2v) is 6.66. The summed E-state index contributed by atoms with van der Waals surface area (Å²) in [4.78, 5) is 15.6. The van der Waals surface area contributed by atoms with E-state index < -0.39 is 11.9 Å². The number of benzene rings is 1. The largest absolute Gasteiger partial charge is 0.481 e. The van der Waals surface area contributed by atoms with E-state index in [0.717, 1.165) is 23.1 Å². The topological polar surface area (TPSA) is 100 Å². The summed E-state index contributed by atoms with van der Waals surface area (Å²) >= 11 is 4.53. The number of hydrogen-bond donors (Lipinski definition) is 3. The lowest BCUT2D eigenvalue weighted by Crippen LogP contribution is -2.27. The maximum atomic E-state index is 11.6. The van der Waals surface area contributed by atoms with E-state index in [0.29, 0.717) is 25.1 Å². The van der Waals surface area contributed by atoms with Gasteiger partial charge in [-0.05, 0) is 42.0 Å². The van der Waals surface area contributed by atoms with Crippen molar-refractivity contribution in [2.24, 2.45) is 5.92 Å². The van der Waals surface area contributed by atoms with E-state index >= 15 is 0 Å². The molecule has 5 nitrogen and oxygen atoms in total. The normalized spacial score (nSPS) is 13.0. The number of aromatic nitrogens is 1. The van der Waals surface area contributed by atoms with E-state index in [4.69, 9.17) is 11.0 Å². The fourth-order valence-electron chi connectivity index (χ4n) is 2.63. The van der Waals surface area contributed by atoms with Gasteiger partial charge in [-0.25, -0.2) is 4.98 Å². The number of aryl methyl sites for hydroxylation is 1. The molecule has 0 aliphatic rings. The van der Waals surface area contributed by atoms with E-state index in [1.807, 2.05) is 24.3 Å². The van der Waals surface area contributed by atoms with Crippen LogP contribution in [0.25, 0.3) is 0 Å². The van der Waals surface area contributed by atoms with Crippen LogP contribution in [0.3, 0.4) is 0 Å². The molecule has 1 heterocycles. The Balaban J connectivity index is 1.95. The summed E-state index contributed by atoms with van der Waals surface area (Å²) in [5, 5.41) is 17.9. The number of thiol groups is 1. The second-order valence-electron chi connectivity index (χ2n) is 6.00. The lowest BCUT2D eigenvalue weighted by Gasteiger charge is -2.19. The van der Waals surface area contributed by atoms with Gasteiger partial charge in [-0.1, -0.05) is 30.3 Å². The average Bonchev–Trinajstić information content (AvgIpc) is 2.60. The van der Waals surface area contributed by atoms with Gasteiger partial charge in [-0.2, -0.15) is 17.9 Å². The van der Waals surface area contributed by atoms with Crippen molar-refractivity contribution in [3.05, 3.63) is 59.3 Å². The minimum absolute atomic E-state index is 0.270. The molecule has 0 radical (unpaired) electrons. The SMILES string of the molecule is N#CCc1ccc(CCC(S)C(Cc2ccc(N)nc2)C(=O)O)cc1. The molecule has 0 saturated carbocycles. The van der Waals surface area contributed by atoms with Gasteiger partial charge in [0, 0.05) is 11.4 Å².